The summed E-state index contributed by atoms with van der Waals surface area (Å²) >= 11 is 1.76. The highest BCUT2D eigenvalue weighted by atomic mass is 32.2. The summed E-state index contributed by atoms with van der Waals surface area (Å²) in [7, 11) is -3.24. The van der Waals surface area contributed by atoms with E-state index in [1.807, 2.05) is 6.26 Å². The molecule has 1 saturated carbocycles. The van der Waals surface area contributed by atoms with Crippen molar-refractivity contribution in [3.63, 3.8) is 0 Å². The van der Waals surface area contributed by atoms with Crippen LogP contribution in [0.3, 0.4) is 0 Å². The first-order valence-corrected chi connectivity index (χ1v) is 8.58. The van der Waals surface area contributed by atoms with E-state index in [0.717, 1.165) is 19.3 Å². The highest BCUT2D eigenvalue weighted by Crippen LogP contribution is 2.27. The lowest BCUT2D eigenvalue weighted by atomic mass is 9.96. The van der Waals surface area contributed by atoms with Crippen LogP contribution in [0.2, 0.25) is 0 Å². The summed E-state index contributed by atoms with van der Waals surface area (Å²) in [6, 6.07) is 0.0859. The number of thioether (sulfide) groups is 1. The molecular formula is C10H22N2O2S2. The van der Waals surface area contributed by atoms with E-state index in [1.54, 1.807) is 18.7 Å². The molecule has 96 valence electrons. The third-order valence-corrected chi connectivity index (χ3v) is 6.24. The minimum absolute atomic E-state index is 0.0859. The summed E-state index contributed by atoms with van der Waals surface area (Å²) in [5.74, 6) is 0. The van der Waals surface area contributed by atoms with Crippen LogP contribution in [0.25, 0.3) is 0 Å². The lowest BCUT2D eigenvalue weighted by Gasteiger charge is -2.31. The van der Waals surface area contributed by atoms with Crippen molar-refractivity contribution in [3.05, 3.63) is 0 Å². The first kappa shape index (κ1) is 14.3. The van der Waals surface area contributed by atoms with Crippen molar-refractivity contribution < 1.29 is 8.42 Å². The molecule has 0 aliphatic heterocycles. The molecule has 6 heteroatoms. The highest BCUT2D eigenvalue weighted by Gasteiger charge is 2.30. The lowest BCUT2D eigenvalue weighted by molar-refractivity contribution is 0.421. The molecule has 0 spiro atoms. The van der Waals surface area contributed by atoms with Crippen molar-refractivity contribution in [3.8, 4) is 0 Å². The van der Waals surface area contributed by atoms with Gasteiger partial charge in [0.15, 0.2) is 0 Å². The predicted octanol–water partition coefficient (Wildman–Crippen LogP) is 0.927. The van der Waals surface area contributed by atoms with E-state index in [0.29, 0.717) is 5.25 Å². The summed E-state index contributed by atoms with van der Waals surface area (Å²) in [6.45, 7) is 1.82. The smallest absolute Gasteiger partial charge is 0.215 e. The molecule has 1 fully saturated rings. The van der Waals surface area contributed by atoms with Crippen molar-refractivity contribution >= 4 is 21.8 Å². The van der Waals surface area contributed by atoms with Gasteiger partial charge >= 0.3 is 0 Å². The Morgan fingerprint density at radius 2 is 2.06 bits per heavy atom. The molecule has 0 saturated heterocycles. The predicted molar refractivity (Wildman–Crippen MR) is 70.1 cm³/mol. The van der Waals surface area contributed by atoms with Crippen LogP contribution in [-0.4, -0.2) is 37.8 Å². The molecule has 16 heavy (non-hydrogen) atoms. The van der Waals surface area contributed by atoms with Crippen molar-refractivity contribution in [2.75, 3.05) is 12.8 Å². The van der Waals surface area contributed by atoms with E-state index in [4.69, 9.17) is 5.73 Å². The Balaban J connectivity index is 2.64. The van der Waals surface area contributed by atoms with Crippen molar-refractivity contribution in [1.29, 1.82) is 0 Å². The highest BCUT2D eigenvalue weighted by molar-refractivity contribution is 7.99. The SMILES string of the molecule is CSC1CCCCC1NS(=O)(=O)C(C)CN. The van der Waals surface area contributed by atoms with Crippen molar-refractivity contribution in [2.24, 2.45) is 5.73 Å². The molecule has 0 radical (unpaired) electrons. The molecule has 0 bridgehead atoms. The molecule has 3 atom stereocenters. The molecule has 0 aromatic heterocycles. The van der Waals surface area contributed by atoms with Gasteiger partial charge in [-0.15, -0.1) is 0 Å². The Kier molecular flexibility index (Phi) is 5.56. The molecule has 0 aromatic rings. The van der Waals surface area contributed by atoms with Gasteiger partial charge in [-0.1, -0.05) is 12.8 Å². The largest absolute Gasteiger partial charge is 0.329 e. The fraction of sp³-hybridized carbons (Fsp3) is 1.00. The molecular weight excluding hydrogens is 244 g/mol. The summed E-state index contributed by atoms with van der Waals surface area (Å²) in [5, 5.41) is -0.0922. The van der Waals surface area contributed by atoms with Gasteiger partial charge in [-0.2, -0.15) is 11.8 Å². The number of nitrogens with two attached hydrogens (primary N) is 1. The normalized spacial score (nSPS) is 28.9. The van der Waals surface area contributed by atoms with Gasteiger partial charge in [0.1, 0.15) is 0 Å². The third kappa shape index (κ3) is 3.61. The Labute approximate surface area is 103 Å². The number of sulfonamides is 1. The molecule has 1 aliphatic rings. The zero-order valence-corrected chi connectivity index (χ0v) is 11.6. The second-order valence-electron chi connectivity index (χ2n) is 4.37. The van der Waals surface area contributed by atoms with Gasteiger partial charge in [0.05, 0.1) is 5.25 Å². The molecule has 0 heterocycles. The van der Waals surface area contributed by atoms with Gasteiger partial charge < -0.3 is 5.73 Å². The molecule has 1 aliphatic carbocycles. The number of hydrogen-bond acceptors (Lipinski definition) is 4. The van der Waals surface area contributed by atoms with Crippen LogP contribution in [0.4, 0.5) is 0 Å². The Bertz CT molecular complexity index is 306. The molecule has 1 rings (SSSR count). The zero-order chi connectivity index (χ0) is 12.2. The van der Waals surface area contributed by atoms with Gasteiger partial charge in [0, 0.05) is 17.8 Å². The Morgan fingerprint density at radius 3 is 2.62 bits per heavy atom. The standard InChI is InChI=1S/C10H22N2O2S2/c1-8(7-11)16(13,14)12-9-5-3-4-6-10(9)15-2/h8-10,12H,3-7,11H2,1-2H3. The van der Waals surface area contributed by atoms with E-state index in [-0.39, 0.29) is 12.6 Å². The van der Waals surface area contributed by atoms with E-state index < -0.39 is 15.3 Å². The van der Waals surface area contributed by atoms with Gasteiger partial charge in [-0.3, -0.25) is 0 Å². The van der Waals surface area contributed by atoms with Crippen LogP contribution >= 0.6 is 11.8 Å². The summed E-state index contributed by atoms with van der Waals surface area (Å²) in [4.78, 5) is 0. The molecule has 0 aromatic carbocycles. The van der Waals surface area contributed by atoms with E-state index in [9.17, 15) is 8.42 Å². The number of hydrogen-bond donors (Lipinski definition) is 2. The quantitative estimate of drug-likeness (QED) is 0.776. The second kappa shape index (κ2) is 6.23. The average molecular weight is 266 g/mol. The van der Waals surface area contributed by atoms with E-state index in [2.05, 4.69) is 4.72 Å². The fourth-order valence-electron chi connectivity index (χ4n) is 1.97. The van der Waals surface area contributed by atoms with Gasteiger partial charge in [0.25, 0.3) is 0 Å². The monoisotopic (exact) mass is 266 g/mol. The third-order valence-electron chi connectivity index (χ3n) is 3.18. The summed E-state index contributed by atoms with van der Waals surface area (Å²) in [6.07, 6.45) is 6.41. The lowest BCUT2D eigenvalue weighted by Crippen LogP contribution is -2.48. The summed E-state index contributed by atoms with van der Waals surface area (Å²) < 4.78 is 26.6. The first-order valence-electron chi connectivity index (χ1n) is 5.75. The molecule has 3 unspecified atom stereocenters. The summed E-state index contributed by atoms with van der Waals surface area (Å²) in [5.41, 5.74) is 5.41. The van der Waals surface area contributed by atoms with Gasteiger partial charge in [-0.25, -0.2) is 13.1 Å². The number of nitrogens with one attached hydrogen (secondary N) is 1. The van der Waals surface area contributed by atoms with Crippen LogP contribution in [0.15, 0.2) is 0 Å². The van der Waals surface area contributed by atoms with Crippen LogP contribution in [0.1, 0.15) is 32.6 Å². The van der Waals surface area contributed by atoms with E-state index >= 15 is 0 Å². The molecule has 0 amide bonds. The van der Waals surface area contributed by atoms with Crippen LogP contribution < -0.4 is 10.5 Å². The second-order valence-corrected chi connectivity index (χ2v) is 7.58. The van der Waals surface area contributed by atoms with Gasteiger partial charge in [0.2, 0.25) is 10.0 Å². The van der Waals surface area contributed by atoms with Crippen molar-refractivity contribution in [2.45, 2.75) is 49.1 Å². The Hall–Kier alpha value is 0.220. The molecule has 4 nitrogen and oxygen atoms in total. The van der Waals surface area contributed by atoms with Crippen LogP contribution in [0.5, 0.6) is 0 Å². The fourth-order valence-corrected chi connectivity index (χ4v) is 4.18. The average Bonchev–Trinajstić information content (AvgIpc) is 2.28. The zero-order valence-electron chi connectivity index (χ0n) is 9.98. The topological polar surface area (TPSA) is 72.2 Å². The Morgan fingerprint density at radius 1 is 1.44 bits per heavy atom. The van der Waals surface area contributed by atoms with Crippen molar-refractivity contribution in [1.82, 2.24) is 4.72 Å². The maximum absolute atomic E-state index is 11.9. The van der Waals surface area contributed by atoms with Crippen LogP contribution in [0, 0.1) is 0 Å². The molecule has 3 N–H and O–H groups in total. The minimum Gasteiger partial charge on any atom is -0.329 e. The maximum atomic E-state index is 11.9. The van der Waals surface area contributed by atoms with E-state index in [1.165, 1.54) is 6.42 Å². The van der Waals surface area contributed by atoms with Gasteiger partial charge in [-0.05, 0) is 26.0 Å². The maximum Gasteiger partial charge on any atom is 0.215 e. The first-order chi connectivity index (χ1) is 7.51. The number of rotatable bonds is 5. The van der Waals surface area contributed by atoms with Crippen LogP contribution in [-0.2, 0) is 10.0 Å². The minimum atomic E-state index is -3.24.